The molecule has 8 heteroatoms. The summed E-state index contributed by atoms with van der Waals surface area (Å²) in [4.78, 5) is 28.0. The van der Waals surface area contributed by atoms with E-state index in [0.29, 0.717) is 26.7 Å². The van der Waals surface area contributed by atoms with Gasteiger partial charge in [-0.3, -0.25) is 14.5 Å². The van der Waals surface area contributed by atoms with Gasteiger partial charge in [0.1, 0.15) is 11.1 Å². The molecule has 0 saturated heterocycles. The van der Waals surface area contributed by atoms with E-state index in [4.69, 9.17) is 16.0 Å². The highest BCUT2D eigenvalue weighted by Crippen LogP contribution is 2.41. The summed E-state index contributed by atoms with van der Waals surface area (Å²) in [5, 5.41) is 9.07. The molecule has 1 atom stereocenters. The molecule has 1 amide bonds. The Morgan fingerprint density at radius 3 is 2.64 bits per heavy atom. The molecular weight excluding hydrogens is 398 g/mol. The number of hydrogen-bond acceptors (Lipinski definition) is 6. The summed E-state index contributed by atoms with van der Waals surface area (Å²) in [5.41, 5.74) is 3.75. The average Bonchev–Trinajstić information content (AvgIpc) is 3.30. The van der Waals surface area contributed by atoms with Crippen LogP contribution >= 0.6 is 22.9 Å². The van der Waals surface area contributed by atoms with E-state index in [9.17, 15) is 9.59 Å². The van der Waals surface area contributed by atoms with Crippen LogP contribution in [-0.2, 0) is 0 Å². The fourth-order valence-electron chi connectivity index (χ4n) is 3.48. The minimum absolute atomic E-state index is 0.0283. The summed E-state index contributed by atoms with van der Waals surface area (Å²) < 4.78 is 5.86. The maximum Gasteiger partial charge on any atom is 0.297 e. The van der Waals surface area contributed by atoms with Gasteiger partial charge in [-0.25, -0.2) is 0 Å². The van der Waals surface area contributed by atoms with Gasteiger partial charge in [-0.05, 0) is 30.7 Å². The van der Waals surface area contributed by atoms with Crippen LogP contribution in [0, 0.1) is 6.92 Å². The Bertz CT molecular complexity index is 1280. The molecule has 0 radical (unpaired) electrons. The van der Waals surface area contributed by atoms with Crippen LogP contribution in [0.1, 0.15) is 33.3 Å². The van der Waals surface area contributed by atoms with Crippen LogP contribution < -0.4 is 10.3 Å². The smallest absolute Gasteiger partial charge is 0.297 e. The van der Waals surface area contributed by atoms with Crippen molar-refractivity contribution in [2.75, 3.05) is 4.90 Å². The first kappa shape index (κ1) is 17.1. The predicted molar refractivity (Wildman–Crippen MR) is 107 cm³/mol. The highest BCUT2D eigenvalue weighted by Gasteiger charge is 2.44. The monoisotopic (exact) mass is 409 g/mol. The van der Waals surface area contributed by atoms with Crippen molar-refractivity contribution in [3.63, 3.8) is 0 Å². The van der Waals surface area contributed by atoms with Gasteiger partial charge in [0.2, 0.25) is 10.9 Å². The summed E-state index contributed by atoms with van der Waals surface area (Å²) in [6, 6.07) is 11.8. The van der Waals surface area contributed by atoms with Gasteiger partial charge in [-0.2, -0.15) is 0 Å². The molecule has 0 aliphatic carbocycles. The van der Waals surface area contributed by atoms with Gasteiger partial charge in [-0.1, -0.05) is 52.8 Å². The van der Waals surface area contributed by atoms with Gasteiger partial charge in [0.05, 0.1) is 17.0 Å². The van der Waals surface area contributed by atoms with E-state index in [2.05, 4.69) is 10.2 Å². The number of halogens is 1. The topological polar surface area (TPSA) is 76.3 Å². The number of aromatic nitrogens is 2. The normalized spacial score (nSPS) is 16.0. The summed E-state index contributed by atoms with van der Waals surface area (Å²) in [7, 11) is 0. The third-order valence-corrected chi connectivity index (χ3v) is 5.70. The van der Waals surface area contributed by atoms with Crippen LogP contribution in [0.2, 0.25) is 5.02 Å². The number of rotatable bonds is 2. The van der Waals surface area contributed by atoms with Crippen molar-refractivity contribution in [3.8, 4) is 0 Å². The molecule has 0 saturated carbocycles. The van der Waals surface area contributed by atoms with Crippen molar-refractivity contribution in [2.45, 2.75) is 13.0 Å². The lowest BCUT2D eigenvalue weighted by Crippen LogP contribution is -2.29. The highest BCUT2D eigenvalue weighted by atomic mass is 35.5. The van der Waals surface area contributed by atoms with Gasteiger partial charge in [0, 0.05) is 5.02 Å². The maximum atomic E-state index is 13.4. The molecular formula is C20H12ClN3O3S. The maximum absolute atomic E-state index is 13.4. The number of fused-ring (bicyclic) bond motifs is 2. The van der Waals surface area contributed by atoms with E-state index in [0.717, 1.165) is 11.1 Å². The van der Waals surface area contributed by atoms with Crippen molar-refractivity contribution in [1.82, 2.24) is 10.2 Å². The Hall–Kier alpha value is -3.03. The molecule has 0 fully saturated rings. The average molecular weight is 410 g/mol. The Morgan fingerprint density at radius 1 is 1.14 bits per heavy atom. The van der Waals surface area contributed by atoms with Crippen LogP contribution in [0.5, 0.6) is 0 Å². The third kappa shape index (κ3) is 2.47. The van der Waals surface area contributed by atoms with Crippen molar-refractivity contribution in [1.29, 1.82) is 0 Å². The number of amides is 1. The minimum Gasteiger partial charge on any atom is -0.450 e. The lowest BCUT2D eigenvalue weighted by Gasteiger charge is -2.22. The third-order valence-electron chi connectivity index (χ3n) is 4.78. The molecule has 0 N–H and O–H groups in total. The summed E-state index contributed by atoms with van der Waals surface area (Å²) in [6.07, 6.45) is 0. The van der Waals surface area contributed by atoms with Gasteiger partial charge in [0.15, 0.2) is 5.43 Å². The zero-order valence-electron chi connectivity index (χ0n) is 14.5. The Balaban J connectivity index is 1.83. The SMILES string of the molecule is Cc1ccc(C2c3c(oc4ccc(Cl)cc4c3=O)C(=O)N2c2nncs2)cc1. The Morgan fingerprint density at radius 2 is 1.93 bits per heavy atom. The van der Waals surface area contributed by atoms with Crippen LogP contribution in [-0.4, -0.2) is 16.1 Å². The number of carbonyl (C=O) groups excluding carboxylic acids is 1. The molecule has 2 aromatic heterocycles. The Kier molecular flexibility index (Phi) is 3.82. The Labute approximate surface area is 168 Å². The number of benzene rings is 2. The van der Waals surface area contributed by atoms with Crippen molar-refractivity contribution in [2.24, 2.45) is 0 Å². The molecule has 4 aromatic rings. The fourth-order valence-corrected chi connectivity index (χ4v) is 4.24. The van der Waals surface area contributed by atoms with E-state index in [1.165, 1.54) is 16.2 Å². The lowest BCUT2D eigenvalue weighted by atomic mass is 9.98. The van der Waals surface area contributed by atoms with E-state index < -0.39 is 11.9 Å². The van der Waals surface area contributed by atoms with Gasteiger partial charge < -0.3 is 4.42 Å². The minimum atomic E-state index is -0.643. The first-order valence-corrected chi connectivity index (χ1v) is 9.73. The van der Waals surface area contributed by atoms with E-state index in [-0.39, 0.29) is 11.2 Å². The molecule has 138 valence electrons. The highest BCUT2D eigenvalue weighted by molar-refractivity contribution is 7.13. The van der Waals surface area contributed by atoms with Gasteiger partial charge in [0.25, 0.3) is 5.91 Å². The molecule has 2 aromatic carbocycles. The standard InChI is InChI=1S/C20H12ClN3O3S/c1-10-2-4-11(5-3-10)16-15-17(25)13-8-12(21)6-7-14(13)27-18(15)19(26)24(16)20-23-22-9-28-20/h2-9,16H,1H3. The molecule has 0 spiro atoms. The molecule has 1 aliphatic heterocycles. The van der Waals surface area contributed by atoms with Crippen molar-refractivity contribution in [3.05, 3.63) is 85.7 Å². The zero-order chi connectivity index (χ0) is 19.4. The van der Waals surface area contributed by atoms with Crippen molar-refractivity contribution < 1.29 is 9.21 Å². The van der Waals surface area contributed by atoms with Crippen LogP contribution in [0.15, 0.2) is 57.2 Å². The predicted octanol–water partition coefficient (Wildman–Crippen LogP) is 4.36. The molecule has 28 heavy (non-hydrogen) atoms. The van der Waals surface area contributed by atoms with Crippen LogP contribution in [0.3, 0.4) is 0 Å². The number of carbonyl (C=O) groups is 1. The summed E-state index contributed by atoms with van der Waals surface area (Å²) in [6.45, 7) is 1.98. The molecule has 3 heterocycles. The van der Waals surface area contributed by atoms with E-state index in [1.54, 1.807) is 23.7 Å². The number of aryl methyl sites for hydroxylation is 1. The van der Waals surface area contributed by atoms with Crippen LogP contribution in [0.4, 0.5) is 5.13 Å². The molecule has 5 rings (SSSR count). The van der Waals surface area contributed by atoms with E-state index in [1.807, 2.05) is 31.2 Å². The molecule has 0 bridgehead atoms. The second kappa shape index (κ2) is 6.25. The fraction of sp³-hybridized carbons (Fsp3) is 0.100. The second-order valence-electron chi connectivity index (χ2n) is 6.52. The molecule has 6 nitrogen and oxygen atoms in total. The largest absolute Gasteiger partial charge is 0.450 e. The first-order chi connectivity index (χ1) is 13.5. The zero-order valence-corrected chi connectivity index (χ0v) is 16.1. The second-order valence-corrected chi connectivity index (χ2v) is 7.77. The van der Waals surface area contributed by atoms with Gasteiger partial charge in [-0.15, -0.1) is 10.2 Å². The van der Waals surface area contributed by atoms with E-state index >= 15 is 0 Å². The lowest BCUT2D eigenvalue weighted by molar-refractivity contribution is 0.0970. The number of nitrogens with zero attached hydrogens (tertiary/aromatic N) is 3. The van der Waals surface area contributed by atoms with Crippen molar-refractivity contribution >= 4 is 44.9 Å². The number of hydrogen-bond donors (Lipinski definition) is 0. The summed E-state index contributed by atoms with van der Waals surface area (Å²) in [5.74, 6) is -0.383. The number of anilines is 1. The van der Waals surface area contributed by atoms with Gasteiger partial charge >= 0.3 is 0 Å². The molecule has 1 aliphatic rings. The quantitative estimate of drug-likeness (QED) is 0.491. The summed E-state index contributed by atoms with van der Waals surface area (Å²) >= 11 is 7.30. The molecule has 1 unspecified atom stereocenters. The van der Waals surface area contributed by atoms with Crippen LogP contribution in [0.25, 0.3) is 11.0 Å². The first-order valence-electron chi connectivity index (χ1n) is 8.47.